The number of hydrogen-bond donors (Lipinski definition) is 2. The minimum Gasteiger partial charge on any atom is -0.494 e. The number of hydrogen-bond acceptors (Lipinski definition) is 4. The van der Waals surface area contributed by atoms with Crippen molar-refractivity contribution in [1.29, 1.82) is 0 Å². The van der Waals surface area contributed by atoms with Crippen molar-refractivity contribution in [2.45, 2.75) is 20.8 Å². The summed E-state index contributed by atoms with van der Waals surface area (Å²) in [6.07, 6.45) is 0. The van der Waals surface area contributed by atoms with Gasteiger partial charge in [0.25, 0.3) is 0 Å². The molecule has 1 saturated heterocycles. The van der Waals surface area contributed by atoms with E-state index in [2.05, 4.69) is 52.5 Å². The molecule has 1 aliphatic rings. The Morgan fingerprint density at radius 1 is 1.03 bits per heavy atom. The molecular weight excluding hydrogens is 364 g/mol. The second-order valence-electron chi connectivity index (χ2n) is 7.39. The summed E-state index contributed by atoms with van der Waals surface area (Å²) in [6.45, 7) is 12.5. The van der Waals surface area contributed by atoms with Gasteiger partial charge in [-0.1, -0.05) is 12.1 Å². The third-order valence-corrected chi connectivity index (χ3v) is 5.43. The van der Waals surface area contributed by atoms with E-state index in [0.717, 1.165) is 44.2 Å². The number of piperazine rings is 1. The number of carbonyl (C=O) groups is 1. The summed E-state index contributed by atoms with van der Waals surface area (Å²) in [7, 11) is 0. The number of nitrogens with one attached hydrogen (secondary N) is 2. The van der Waals surface area contributed by atoms with Crippen molar-refractivity contribution in [2.75, 3.05) is 56.1 Å². The van der Waals surface area contributed by atoms with Gasteiger partial charge in [0.2, 0.25) is 0 Å². The van der Waals surface area contributed by atoms with E-state index in [-0.39, 0.29) is 6.03 Å². The Labute approximate surface area is 173 Å². The van der Waals surface area contributed by atoms with E-state index in [0.29, 0.717) is 13.2 Å². The van der Waals surface area contributed by atoms with Crippen LogP contribution in [0.4, 0.5) is 16.2 Å². The molecule has 0 saturated carbocycles. The van der Waals surface area contributed by atoms with E-state index in [4.69, 9.17) is 4.74 Å². The van der Waals surface area contributed by atoms with Gasteiger partial charge in [-0.2, -0.15) is 0 Å². The first kappa shape index (κ1) is 21.0. The highest BCUT2D eigenvalue weighted by atomic mass is 16.5. The van der Waals surface area contributed by atoms with Crippen molar-refractivity contribution in [1.82, 2.24) is 10.2 Å². The summed E-state index contributed by atoms with van der Waals surface area (Å²) in [4.78, 5) is 17.0. The second kappa shape index (κ2) is 10.2. The predicted molar refractivity (Wildman–Crippen MR) is 119 cm³/mol. The normalized spacial score (nSPS) is 14.5. The van der Waals surface area contributed by atoms with Gasteiger partial charge in [-0.25, -0.2) is 4.79 Å². The van der Waals surface area contributed by atoms with E-state index >= 15 is 0 Å². The molecule has 0 bridgehead atoms. The minimum absolute atomic E-state index is 0.178. The fourth-order valence-electron chi connectivity index (χ4n) is 3.59. The van der Waals surface area contributed by atoms with Gasteiger partial charge < -0.3 is 20.3 Å². The maximum absolute atomic E-state index is 12.1. The predicted octanol–water partition coefficient (Wildman–Crippen LogP) is 3.65. The molecule has 1 fully saturated rings. The SMILES string of the molecule is CCOc1ccc(NC(=O)NCCN2CCN(c3cccc(C)c3C)CC2)cc1. The molecule has 2 N–H and O–H groups in total. The first-order chi connectivity index (χ1) is 14.1. The van der Waals surface area contributed by atoms with Crippen LogP contribution in [0.1, 0.15) is 18.1 Å². The van der Waals surface area contributed by atoms with Crippen LogP contribution in [0.5, 0.6) is 5.75 Å². The molecule has 6 heteroatoms. The highest BCUT2D eigenvalue weighted by Gasteiger charge is 2.18. The molecule has 29 heavy (non-hydrogen) atoms. The zero-order valence-electron chi connectivity index (χ0n) is 17.7. The molecule has 1 heterocycles. The molecule has 0 aromatic heterocycles. The van der Waals surface area contributed by atoms with Crippen molar-refractivity contribution in [3.8, 4) is 5.75 Å². The molecule has 0 atom stereocenters. The Balaban J connectivity index is 1.37. The first-order valence-corrected chi connectivity index (χ1v) is 10.4. The minimum atomic E-state index is -0.178. The summed E-state index contributed by atoms with van der Waals surface area (Å²) >= 11 is 0. The zero-order chi connectivity index (χ0) is 20.6. The van der Waals surface area contributed by atoms with Crippen molar-refractivity contribution < 1.29 is 9.53 Å². The van der Waals surface area contributed by atoms with Gasteiger partial charge in [0.15, 0.2) is 0 Å². The standard InChI is InChI=1S/C23H32N4O2/c1-4-29-21-10-8-20(9-11-21)25-23(28)24-12-13-26-14-16-27(17-15-26)22-7-5-6-18(2)19(22)3/h5-11H,4,12-17H2,1-3H3,(H2,24,25,28). The van der Waals surface area contributed by atoms with E-state index in [9.17, 15) is 4.79 Å². The molecular formula is C23H32N4O2. The maximum Gasteiger partial charge on any atom is 0.319 e. The van der Waals surface area contributed by atoms with Crippen molar-refractivity contribution >= 4 is 17.4 Å². The van der Waals surface area contributed by atoms with Gasteiger partial charge in [0, 0.05) is 50.6 Å². The quantitative estimate of drug-likeness (QED) is 0.750. The Morgan fingerprint density at radius 2 is 1.76 bits per heavy atom. The van der Waals surface area contributed by atoms with Crippen LogP contribution < -0.4 is 20.3 Å². The number of nitrogens with zero attached hydrogens (tertiary/aromatic N) is 2. The number of carbonyl (C=O) groups excluding carboxylic acids is 1. The lowest BCUT2D eigenvalue weighted by molar-refractivity contribution is 0.240. The molecule has 6 nitrogen and oxygen atoms in total. The fraction of sp³-hybridized carbons (Fsp3) is 0.435. The van der Waals surface area contributed by atoms with Gasteiger partial charge in [0.05, 0.1) is 6.61 Å². The summed E-state index contributed by atoms with van der Waals surface area (Å²) in [5.74, 6) is 0.804. The van der Waals surface area contributed by atoms with Crippen molar-refractivity contribution in [3.63, 3.8) is 0 Å². The van der Waals surface area contributed by atoms with Crippen LogP contribution in [-0.4, -0.2) is 56.8 Å². The van der Waals surface area contributed by atoms with Gasteiger partial charge in [-0.3, -0.25) is 4.90 Å². The van der Waals surface area contributed by atoms with Crippen LogP contribution in [0.25, 0.3) is 0 Å². The molecule has 156 valence electrons. The van der Waals surface area contributed by atoms with Crippen LogP contribution in [0.15, 0.2) is 42.5 Å². The molecule has 2 amide bonds. The average Bonchev–Trinajstić information content (AvgIpc) is 2.72. The molecule has 0 unspecified atom stereocenters. The van der Waals surface area contributed by atoms with E-state index in [1.807, 2.05) is 31.2 Å². The Morgan fingerprint density at radius 3 is 2.45 bits per heavy atom. The van der Waals surface area contributed by atoms with Crippen LogP contribution in [0.3, 0.4) is 0 Å². The number of amides is 2. The maximum atomic E-state index is 12.1. The molecule has 3 rings (SSSR count). The van der Waals surface area contributed by atoms with Gasteiger partial charge >= 0.3 is 6.03 Å². The molecule has 2 aromatic carbocycles. The lowest BCUT2D eigenvalue weighted by Crippen LogP contribution is -2.49. The Kier molecular flexibility index (Phi) is 7.36. The Bertz CT molecular complexity index is 799. The van der Waals surface area contributed by atoms with Crippen LogP contribution in [0, 0.1) is 13.8 Å². The second-order valence-corrected chi connectivity index (χ2v) is 7.39. The molecule has 0 radical (unpaired) electrons. The van der Waals surface area contributed by atoms with Crippen LogP contribution >= 0.6 is 0 Å². The van der Waals surface area contributed by atoms with Crippen LogP contribution in [0.2, 0.25) is 0 Å². The summed E-state index contributed by atoms with van der Waals surface area (Å²) < 4.78 is 5.41. The largest absolute Gasteiger partial charge is 0.494 e. The summed E-state index contributed by atoms with van der Waals surface area (Å²) in [5, 5.41) is 5.80. The summed E-state index contributed by atoms with van der Waals surface area (Å²) in [5.41, 5.74) is 4.81. The summed E-state index contributed by atoms with van der Waals surface area (Å²) in [6, 6.07) is 13.7. The topological polar surface area (TPSA) is 56.8 Å². The number of ether oxygens (including phenoxy) is 1. The van der Waals surface area contributed by atoms with Gasteiger partial charge in [-0.15, -0.1) is 0 Å². The zero-order valence-corrected chi connectivity index (χ0v) is 17.7. The lowest BCUT2D eigenvalue weighted by Gasteiger charge is -2.37. The molecule has 0 aliphatic carbocycles. The van der Waals surface area contributed by atoms with Gasteiger partial charge in [0.1, 0.15) is 5.75 Å². The molecule has 0 spiro atoms. The highest BCUT2D eigenvalue weighted by Crippen LogP contribution is 2.23. The van der Waals surface area contributed by atoms with E-state index in [1.54, 1.807) is 0 Å². The molecule has 2 aromatic rings. The number of rotatable bonds is 7. The number of benzene rings is 2. The smallest absolute Gasteiger partial charge is 0.319 e. The monoisotopic (exact) mass is 396 g/mol. The number of aryl methyl sites for hydroxylation is 1. The first-order valence-electron chi connectivity index (χ1n) is 10.4. The fourth-order valence-corrected chi connectivity index (χ4v) is 3.59. The van der Waals surface area contributed by atoms with Crippen molar-refractivity contribution in [2.24, 2.45) is 0 Å². The lowest BCUT2D eigenvalue weighted by atomic mass is 10.1. The number of urea groups is 1. The highest BCUT2D eigenvalue weighted by molar-refractivity contribution is 5.89. The molecule has 1 aliphatic heterocycles. The van der Waals surface area contributed by atoms with E-state index in [1.165, 1.54) is 16.8 Å². The van der Waals surface area contributed by atoms with Crippen LogP contribution in [-0.2, 0) is 0 Å². The van der Waals surface area contributed by atoms with E-state index < -0.39 is 0 Å². The third-order valence-electron chi connectivity index (χ3n) is 5.43. The van der Waals surface area contributed by atoms with Gasteiger partial charge in [-0.05, 0) is 62.2 Å². The van der Waals surface area contributed by atoms with Crippen molar-refractivity contribution in [3.05, 3.63) is 53.6 Å². The number of anilines is 2. The average molecular weight is 397 g/mol. The third kappa shape index (κ3) is 5.87. The Hall–Kier alpha value is -2.73.